The second kappa shape index (κ2) is 6.20. The molecule has 3 N–H and O–H groups in total. The van der Waals surface area contributed by atoms with Gasteiger partial charge >= 0.3 is 0 Å². The van der Waals surface area contributed by atoms with Crippen LogP contribution in [0.5, 0.6) is 0 Å². The molecule has 0 aromatic carbocycles. The van der Waals surface area contributed by atoms with Crippen LogP contribution < -0.4 is 11.1 Å². The molecule has 1 saturated heterocycles. The number of anilines is 2. The first kappa shape index (κ1) is 13.4. The average Bonchev–Trinajstić information content (AvgIpc) is 2.85. The molecule has 1 aromatic heterocycles. The molecule has 5 nitrogen and oxygen atoms in total. The van der Waals surface area contributed by atoms with E-state index in [0.717, 1.165) is 38.1 Å². The van der Waals surface area contributed by atoms with Crippen molar-refractivity contribution in [1.82, 2.24) is 9.97 Å². The lowest BCUT2D eigenvalue weighted by molar-refractivity contribution is 0.120. The second-order valence-electron chi connectivity index (χ2n) is 4.46. The largest absolute Gasteiger partial charge is 0.393 e. The van der Waals surface area contributed by atoms with Crippen LogP contribution in [0.15, 0.2) is 0 Å². The molecule has 6 heteroatoms. The minimum atomic E-state index is 0.243. The van der Waals surface area contributed by atoms with E-state index in [1.165, 1.54) is 0 Å². The van der Waals surface area contributed by atoms with Gasteiger partial charge < -0.3 is 15.8 Å². The molecule has 1 fully saturated rings. The quantitative estimate of drug-likeness (QED) is 0.803. The lowest BCUT2D eigenvalue weighted by atomic mass is 10.2. The van der Waals surface area contributed by atoms with E-state index in [1.807, 2.05) is 0 Å². The zero-order valence-electron chi connectivity index (χ0n) is 10.6. The molecule has 1 aliphatic heterocycles. The van der Waals surface area contributed by atoms with Crippen molar-refractivity contribution in [2.75, 3.05) is 24.2 Å². The number of nitrogens with two attached hydrogens (primary N) is 1. The van der Waals surface area contributed by atoms with Gasteiger partial charge in [-0.15, -0.1) is 0 Å². The number of halogens is 1. The van der Waals surface area contributed by atoms with Crippen molar-refractivity contribution >= 4 is 23.1 Å². The molecular weight excluding hydrogens is 252 g/mol. The smallest absolute Gasteiger partial charge is 0.157 e. The van der Waals surface area contributed by atoms with Crippen LogP contribution >= 0.6 is 11.6 Å². The van der Waals surface area contributed by atoms with Crippen molar-refractivity contribution in [3.05, 3.63) is 11.0 Å². The summed E-state index contributed by atoms with van der Waals surface area (Å²) in [6, 6.07) is 0. The van der Waals surface area contributed by atoms with Crippen molar-refractivity contribution < 1.29 is 4.74 Å². The van der Waals surface area contributed by atoms with Gasteiger partial charge in [0.25, 0.3) is 0 Å². The zero-order valence-corrected chi connectivity index (χ0v) is 11.3. The normalized spacial score (nSPS) is 19.1. The summed E-state index contributed by atoms with van der Waals surface area (Å²) in [5.41, 5.74) is 6.28. The first-order valence-electron chi connectivity index (χ1n) is 6.38. The Bertz CT molecular complexity index is 407. The van der Waals surface area contributed by atoms with Crippen LogP contribution in [0, 0.1) is 0 Å². The molecule has 2 heterocycles. The first-order valence-corrected chi connectivity index (χ1v) is 6.76. The third kappa shape index (κ3) is 3.23. The molecule has 0 radical (unpaired) electrons. The third-order valence-electron chi connectivity index (χ3n) is 2.94. The molecule has 2 rings (SSSR count). The lowest BCUT2D eigenvalue weighted by Gasteiger charge is -2.14. The molecule has 0 spiro atoms. The Balaban J connectivity index is 2.05. The highest BCUT2D eigenvalue weighted by molar-refractivity contribution is 6.32. The highest BCUT2D eigenvalue weighted by atomic mass is 35.5. The van der Waals surface area contributed by atoms with Gasteiger partial charge in [-0.25, -0.2) is 9.97 Å². The summed E-state index contributed by atoms with van der Waals surface area (Å²) >= 11 is 6.00. The molecule has 1 atom stereocenters. The van der Waals surface area contributed by atoms with Crippen molar-refractivity contribution in [3.8, 4) is 0 Å². The number of rotatable bonds is 5. The monoisotopic (exact) mass is 270 g/mol. The van der Waals surface area contributed by atoms with Gasteiger partial charge in [0.15, 0.2) is 11.0 Å². The van der Waals surface area contributed by atoms with Gasteiger partial charge in [-0.2, -0.15) is 0 Å². The molecule has 0 aliphatic carbocycles. The summed E-state index contributed by atoms with van der Waals surface area (Å²) in [5, 5.41) is 3.53. The maximum absolute atomic E-state index is 6.00. The Morgan fingerprint density at radius 3 is 3.00 bits per heavy atom. The van der Waals surface area contributed by atoms with Crippen LogP contribution in [0.25, 0.3) is 0 Å². The highest BCUT2D eigenvalue weighted by Crippen LogP contribution is 2.24. The van der Waals surface area contributed by atoms with Gasteiger partial charge in [0, 0.05) is 19.6 Å². The van der Waals surface area contributed by atoms with E-state index >= 15 is 0 Å². The maximum Gasteiger partial charge on any atom is 0.157 e. The van der Waals surface area contributed by atoms with Crippen LogP contribution in [0.2, 0.25) is 5.15 Å². The molecule has 100 valence electrons. The van der Waals surface area contributed by atoms with Gasteiger partial charge in [0.1, 0.15) is 11.5 Å². The van der Waals surface area contributed by atoms with Gasteiger partial charge in [-0.3, -0.25) is 0 Å². The lowest BCUT2D eigenvalue weighted by Crippen LogP contribution is -2.20. The summed E-state index contributed by atoms with van der Waals surface area (Å²) in [6.45, 7) is 3.63. The number of hydrogen-bond donors (Lipinski definition) is 2. The van der Waals surface area contributed by atoms with Crippen molar-refractivity contribution in [1.29, 1.82) is 0 Å². The predicted molar refractivity (Wildman–Crippen MR) is 72.9 cm³/mol. The Labute approximate surface area is 112 Å². The first-order chi connectivity index (χ1) is 8.70. The predicted octanol–water partition coefficient (Wildman–Crippen LogP) is 2.26. The molecule has 1 unspecified atom stereocenters. The van der Waals surface area contributed by atoms with Gasteiger partial charge in [-0.1, -0.05) is 18.5 Å². The summed E-state index contributed by atoms with van der Waals surface area (Å²) in [4.78, 5) is 8.56. The Hall–Kier alpha value is -1.07. The van der Waals surface area contributed by atoms with Gasteiger partial charge in [0.05, 0.1) is 6.10 Å². The molecule has 1 aliphatic rings. The summed E-state index contributed by atoms with van der Waals surface area (Å²) < 4.78 is 5.54. The van der Waals surface area contributed by atoms with E-state index in [0.29, 0.717) is 23.2 Å². The zero-order chi connectivity index (χ0) is 13.0. The molecule has 0 bridgehead atoms. The van der Waals surface area contributed by atoms with E-state index in [-0.39, 0.29) is 6.10 Å². The third-order valence-corrected chi connectivity index (χ3v) is 3.23. The fourth-order valence-electron chi connectivity index (χ4n) is 1.97. The highest BCUT2D eigenvalue weighted by Gasteiger charge is 2.17. The molecule has 18 heavy (non-hydrogen) atoms. The number of ether oxygens (including phenoxy) is 1. The van der Waals surface area contributed by atoms with E-state index in [2.05, 4.69) is 22.2 Å². The van der Waals surface area contributed by atoms with Crippen molar-refractivity contribution in [2.45, 2.75) is 38.7 Å². The molecule has 0 amide bonds. The SMILES string of the molecule is CCCc1nc(Cl)c(N)c(NCC2CCCO2)n1. The number of nitrogens with one attached hydrogen (secondary N) is 1. The number of hydrogen-bond acceptors (Lipinski definition) is 5. The van der Waals surface area contributed by atoms with Crippen LogP contribution in [0.4, 0.5) is 11.5 Å². The van der Waals surface area contributed by atoms with Gasteiger partial charge in [-0.05, 0) is 19.3 Å². The minimum Gasteiger partial charge on any atom is -0.393 e. The van der Waals surface area contributed by atoms with Crippen molar-refractivity contribution in [2.24, 2.45) is 0 Å². The maximum atomic E-state index is 6.00. The fourth-order valence-corrected chi connectivity index (χ4v) is 2.16. The van der Waals surface area contributed by atoms with Crippen LogP contribution in [-0.2, 0) is 11.2 Å². The number of aromatic nitrogens is 2. The van der Waals surface area contributed by atoms with E-state index < -0.39 is 0 Å². The Morgan fingerprint density at radius 1 is 1.50 bits per heavy atom. The number of nitrogen functional groups attached to an aromatic ring is 1. The summed E-state index contributed by atoms with van der Waals surface area (Å²) in [6.07, 6.45) is 4.22. The van der Waals surface area contributed by atoms with Crippen molar-refractivity contribution in [3.63, 3.8) is 0 Å². The molecule has 0 saturated carbocycles. The Morgan fingerprint density at radius 2 is 2.33 bits per heavy atom. The van der Waals surface area contributed by atoms with Gasteiger partial charge in [0.2, 0.25) is 0 Å². The Kier molecular flexibility index (Phi) is 4.60. The second-order valence-corrected chi connectivity index (χ2v) is 4.82. The van der Waals surface area contributed by atoms with E-state index in [9.17, 15) is 0 Å². The summed E-state index contributed by atoms with van der Waals surface area (Å²) in [5.74, 6) is 1.35. The fraction of sp³-hybridized carbons (Fsp3) is 0.667. The van der Waals surface area contributed by atoms with Crippen LogP contribution in [0.1, 0.15) is 32.0 Å². The standard InChI is InChI=1S/C12H19ClN4O/c1-2-4-9-16-11(13)10(14)12(17-9)15-7-8-5-3-6-18-8/h8H,2-7,14H2,1H3,(H,15,16,17). The minimum absolute atomic E-state index is 0.243. The molecule has 1 aromatic rings. The van der Waals surface area contributed by atoms with E-state index in [4.69, 9.17) is 22.1 Å². The molecular formula is C12H19ClN4O. The topological polar surface area (TPSA) is 73.1 Å². The van der Waals surface area contributed by atoms with Crippen LogP contribution in [-0.4, -0.2) is 29.2 Å². The summed E-state index contributed by atoms with van der Waals surface area (Å²) in [7, 11) is 0. The average molecular weight is 271 g/mol. The number of nitrogens with zero attached hydrogens (tertiary/aromatic N) is 2. The number of aryl methyl sites for hydroxylation is 1. The van der Waals surface area contributed by atoms with Crippen LogP contribution in [0.3, 0.4) is 0 Å². The van der Waals surface area contributed by atoms with E-state index in [1.54, 1.807) is 0 Å².